The number of nitrogens with one attached hydrogen (secondary N) is 2. The van der Waals surface area contributed by atoms with Crippen LogP contribution in [0.5, 0.6) is 5.75 Å². The van der Waals surface area contributed by atoms with Gasteiger partial charge in [0, 0.05) is 12.6 Å². The van der Waals surface area contributed by atoms with Gasteiger partial charge in [0.25, 0.3) is 11.6 Å². The number of nitro benzene ring substituents is 1. The summed E-state index contributed by atoms with van der Waals surface area (Å²) in [5, 5.41) is 16.0. The van der Waals surface area contributed by atoms with Crippen LogP contribution >= 0.6 is 0 Å². The number of amides is 2. The van der Waals surface area contributed by atoms with Crippen LogP contribution in [0, 0.1) is 10.1 Å². The molecule has 0 heterocycles. The number of anilines is 2. The number of carbonyl (C=O) groups excluding carboxylic acids is 3. The van der Waals surface area contributed by atoms with E-state index in [0.29, 0.717) is 5.69 Å². The second kappa shape index (κ2) is 9.12. The number of hydrogen-bond acceptors (Lipinski definition) is 7. The molecule has 2 rings (SSSR count). The lowest BCUT2D eigenvalue weighted by Gasteiger charge is -2.09. The highest BCUT2D eigenvalue weighted by Gasteiger charge is 2.18. The number of benzene rings is 2. The van der Waals surface area contributed by atoms with E-state index in [0.717, 1.165) is 6.07 Å². The predicted molar refractivity (Wildman–Crippen MR) is 99.3 cm³/mol. The average Bonchev–Trinajstić information content (AvgIpc) is 2.66. The van der Waals surface area contributed by atoms with Gasteiger partial charge in [0.1, 0.15) is 11.4 Å². The Morgan fingerprint density at radius 2 is 1.86 bits per heavy atom. The monoisotopic (exact) mass is 387 g/mol. The number of methoxy groups -OCH3 is 1. The van der Waals surface area contributed by atoms with Crippen molar-refractivity contribution < 1.29 is 28.8 Å². The van der Waals surface area contributed by atoms with Gasteiger partial charge in [0.2, 0.25) is 5.91 Å². The van der Waals surface area contributed by atoms with Crippen molar-refractivity contribution in [3.05, 3.63) is 58.1 Å². The number of carbonyl (C=O) groups is 3. The fraction of sp³-hybridized carbons (Fsp3) is 0.167. The zero-order valence-corrected chi connectivity index (χ0v) is 15.1. The van der Waals surface area contributed by atoms with Gasteiger partial charge >= 0.3 is 5.97 Å². The van der Waals surface area contributed by atoms with Crippen LogP contribution in [0.1, 0.15) is 17.3 Å². The molecular formula is C18H17N3O7. The standard InChI is InChI=1S/C18H17N3O7/c1-11(22)19-13-5-3-4-12(8-13)18(24)28-10-17(23)20-15-7-6-14(27-2)9-16(15)21(25)26/h3-9H,10H2,1-2H3,(H,19,22)(H,20,23). The van der Waals surface area contributed by atoms with Gasteiger partial charge in [-0.25, -0.2) is 4.79 Å². The number of nitrogens with zero attached hydrogens (tertiary/aromatic N) is 1. The molecule has 10 nitrogen and oxygen atoms in total. The first-order valence-corrected chi connectivity index (χ1v) is 7.97. The Bertz CT molecular complexity index is 927. The zero-order valence-electron chi connectivity index (χ0n) is 15.1. The van der Waals surface area contributed by atoms with Gasteiger partial charge < -0.3 is 20.1 Å². The highest BCUT2D eigenvalue weighted by molar-refractivity contribution is 5.97. The van der Waals surface area contributed by atoms with Crippen LogP contribution in [0.15, 0.2) is 42.5 Å². The third kappa shape index (κ3) is 5.53. The molecule has 10 heteroatoms. The summed E-state index contributed by atoms with van der Waals surface area (Å²) in [5.41, 5.74) is 0.122. The molecule has 0 saturated carbocycles. The van der Waals surface area contributed by atoms with Gasteiger partial charge in [-0.15, -0.1) is 0 Å². The van der Waals surface area contributed by atoms with Gasteiger partial charge in [-0.3, -0.25) is 19.7 Å². The lowest BCUT2D eigenvalue weighted by atomic mass is 10.2. The molecule has 0 atom stereocenters. The first-order valence-electron chi connectivity index (χ1n) is 7.97. The first-order chi connectivity index (χ1) is 13.3. The van der Waals surface area contributed by atoms with E-state index in [2.05, 4.69) is 10.6 Å². The minimum absolute atomic E-state index is 0.0560. The largest absolute Gasteiger partial charge is 0.496 e. The first kappa shape index (κ1) is 20.4. The fourth-order valence-electron chi connectivity index (χ4n) is 2.22. The normalized spacial score (nSPS) is 9.93. The van der Waals surface area contributed by atoms with Crippen molar-refractivity contribution in [1.29, 1.82) is 0 Å². The van der Waals surface area contributed by atoms with Crippen molar-refractivity contribution in [3.63, 3.8) is 0 Å². The summed E-state index contributed by atoms with van der Waals surface area (Å²) in [7, 11) is 1.36. The van der Waals surface area contributed by atoms with E-state index in [1.807, 2.05) is 0 Å². The molecule has 0 aliphatic heterocycles. The van der Waals surface area contributed by atoms with Crippen molar-refractivity contribution in [3.8, 4) is 5.75 Å². The Morgan fingerprint density at radius 1 is 1.11 bits per heavy atom. The Balaban J connectivity index is 2.00. The van der Waals surface area contributed by atoms with Gasteiger partial charge in [0.15, 0.2) is 6.61 Å². The van der Waals surface area contributed by atoms with Crippen molar-refractivity contribution in [2.75, 3.05) is 24.4 Å². The second-order valence-electron chi connectivity index (χ2n) is 5.53. The number of nitro groups is 1. The molecule has 2 aromatic carbocycles. The second-order valence-corrected chi connectivity index (χ2v) is 5.53. The molecular weight excluding hydrogens is 370 g/mol. The van der Waals surface area contributed by atoms with Crippen LogP contribution in [0.4, 0.5) is 17.1 Å². The molecule has 0 aliphatic rings. The summed E-state index contributed by atoms with van der Waals surface area (Å²) in [6.07, 6.45) is 0. The Labute approximate surface area is 159 Å². The molecule has 2 N–H and O–H groups in total. The Morgan fingerprint density at radius 3 is 2.50 bits per heavy atom. The topological polar surface area (TPSA) is 137 Å². The zero-order chi connectivity index (χ0) is 20.7. The highest BCUT2D eigenvalue weighted by atomic mass is 16.6. The summed E-state index contributed by atoms with van der Waals surface area (Å²) < 4.78 is 9.82. The van der Waals surface area contributed by atoms with E-state index < -0.39 is 23.4 Å². The van der Waals surface area contributed by atoms with Crippen LogP contribution < -0.4 is 15.4 Å². The summed E-state index contributed by atoms with van der Waals surface area (Å²) in [6, 6.07) is 9.91. The maximum absolute atomic E-state index is 12.1. The van der Waals surface area contributed by atoms with E-state index in [9.17, 15) is 24.5 Å². The van der Waals surface area contributed by atoms with Crippen molar-refractivity contribution in [1.82, 2.24) is 0 Å². The summed E-state index contributed by atoms with van der Waals surface area (Å²) in [6.45, 7) is 0.681. The summed E-state index contributed by atoms with van der Waals surface area (Å²) >= 11 is 0. The molecule has 2 aromatic rings. The molecule has 0 radical (unpaired) electrons. The van der Waals surface area contributed by atoms with E-state index in [1.54, 1.807) is 12.1 Å². The predicted octanol–water partition coefficient (Wildman–Crippen LogP) is 2.36. The minimum atomic E-state index is -0.786. The summed E-state index contributed by atoms with van der Waals surface area (Å²) in [5.74, 6) is -1.58. The van der Waals surface area contributed by atoms with Crippen molar-refractivity contribution in [2.24, 2.45) is 0 Å². The lowest BCUT2D eigenvalue weighted by molar-refractivity contribution is -0.384. The van der Waals surface area contributed by atoms with Crippen molar-refractivity contribution in [2.45, 2.75) is 6.92 Å². The maximum atomic E-state index is 12.1. The third-order valence-electron chi connectivity index (χ3n) is 3.43. The summed E-state index contributed by atoms with van der Waals surface area (Å²) in [4.78, 5) is 45.6. The average molecular weight is 387 g/mol. The molecule has 0 saturated heterocycles. The Kier molecular flexibility index (Phi) is 6.63. The van der Waals surface area contributed by atoms with E-state index in [-0.39, 0.29) is 28.6 Å². The van der Waals surface area contributed by atoms with Gasteiger partial charge in [-0.1, -0.05) is 6.07 Å². The molecule has 28 heavy (non-hydrogen) atoms. The third-order valence-corrected chi connectivity index (χ3v) is 3.43. The molecule has 2 amide bonds. The van der Waals surface area contributed by atoms with E-state index >= 15 is 0 Å². The van der Waals surface area contributed by atoms with Crippen LogP contribution in [0.25, 0.3) is 0 Å². The molecule has 0 aromatic heterocycles. The number of hydrogen-bond donors (Lipinski definition) is 2. The number of ether oxygens (including phenoxy) is 2. The SMILES string of the molecule is COc1ccc(NC(=O)COC(=O)c2cccc(NC(C)=O)c2)c([N+](=O)[O-])c1. The number of rotatable bonds is 7. The fourth-order valence-corrected chi connectivity index (χ4v) is 2.22. The van der Waals surface area contributed by atoms with E-state index in [1.165, 1.54) is 38.3 Å². The van der Waals surface area contributed by atoms with Crippen LogP contribution in [-0.4, -0.2) is 36.4 Å². The van der Waals surface area contributed by atoms with Gasteiger partial charge in [-0.2, -0.15) is 0 Å². The molecule has 0 aliphatic carbocycles. The molecule has 146 valence electrons. The van der Waals surface area contributed by atoms with Crippen molar-refractivity contribution >= 4 is 34.8 Å². The molecule has 0 unspecified atom stereocenters. The number of esters is 1. The van der Waals surface area contributed by atoms with Gasteiger partial charge in [0.05, 0.1) is 23.7 Å². The molecule has 0 fully saturated rings. The van der Waals surface area contributed by atoms with Crippen LogP contribution in [0.2, 0.25) is 0 Å². The van der Waals surface area contributed by atoms with Crippen LogP contribution in [-0.2, 0) is 14.3 Å². The molecule has 0 spiro atoms. The molecule has 0 bridgehead atoms. The van der Waals surface area contributed by atoms with E-state index in [4.69, 9.17) is 9.47 Å². The smallest absolute Gasteiger partial charge is 0.338 e. The minimum Gasteiger partial charge on any atom is -0.496 e. The lowest BCUT2D eigenvalue weighted by Crippen LogP contribution is -2.21. The maximum Gasteiger partial charge on any atom is 0.338 e. The van der Waals surface area contributed by atoms with Gasteiger partial charge in [-0.05, 0) is 30.3 Å². The van der Waals surface area contributed by atoms with Crippen LogP contribution in [0.3, 0.4) is 0 Å². The highest BCUT2D eigenvalue weighted by Crippen LogP contribution is 2.28. The quantitative estimate of drug-likeness (QED) is 0.423. The Hall–Kier alpha value is -3.95.